The number of aryl methyl sites for hydroxylation is 3. The Hall–Kier alpha value is -3.86. The van der Waals surface area contributed by atoms with Crippen LogP contribution in [-0.2, 0) is 0 Å². The monoisotopic (exact) mass is 411 g/mol. The van der Waals surface area contributed by atoms with Gasteiger partial charge >= 0.3 is 0 Å². The number of carbonyl (C=O) groups excluding carboxylic acids is 1. The van der Waals surface area contributed by atoms with Crippen LogP contribution in [0, 0.1) is 20.8 Å². The fourth-order valence-electron chi connectivity index (χ4n) is 4.24. The van der Waals surface area contributed by atoms with Gasteiger partial charge in [-0.05, 0) is 73.9 Å². The Morgan fingerprint density at radius 2 is 1.71 bits per heavy atom. The molecule has 0 aliphatic carbocycles. The van der Waals surface area contributed by atoms with Crippen LogP contribution in [0.15, 0.2) is 69.9 Å². The number of fused-ring (bicyclic) bond motifs is 2. The predicted octanol–water partition coefficient (Wildman–Crippen LogP) is 5.17. The van der Waals surface area contributed by atoms with Gasteiger partial charge in [0.1, 0.15) is 11.3 Å². The Bertz CT molecular complexity index is 1430. The molecule has 3 aromatic carbocycles. The van der Waals surface area contributed by atoms with E-state index in [1.807, 2.05) is 45.0 Å². The van der Waals surface area contributed by atoms with Gasteiger partial charge in [-0.15, -0.1) is 0 Å². The van der Waals surface area contributed by atoms with E-state index in [1.54, 1.807) is 41.3 Å². The second-order valence-electron chi connectivity index (χ2n) is 8.11. The van der Waals surface area contributed by atoms with Gasteiger partial charge in [-0.2, -0.15) is 0 Å². The molecule has 0 saturated carbocycles. The molecule has 5 nitrogen and oxygen atoms in total. The van der Waals surface area contributed by atoms with Crippen molar-refractivity contribution in [1.82, 2.24) is 0 Å². The lowest BCUT2D eigenvalue weighted by atomic mass is 9.97. The van der Waals surface area contributed by atoms with Crippen LogP contribution in [0.1, 0.15) is 44.4 Å². The van der Waals surface area contributed by atoms with Gasteiger partial charge in [0.25, 0.3) is 5.91 Å². The van der Waals surface area contributed by atoms with E-state index in [9.17, 15) is 14.7 Å². The van der Waals surface area contributed by atoms with E-state index in [0.29, 0.717) is 27.8 Å². The number of amides is 1. The molecule has 0 fully saturated rings. The van der Waals surface area contributed by atoms with Crippen LogP contribution >= 0.6 is 0 Å². The van der Waals surface area contributed by atoms with Gasteiger partial charge in [0.2, 0.25) is 5.76 Å². The van der Waals surface area contributed by atoms with Crippen LogP contribution in [-0.4, -0.2) is 11.0 Å². The van der Waals surface area contributed by atoms with Crippen molar-refractivity contribution in [3.63, 3.8) is 0 Å². The van der Waals surface area contributed by atoms with Crippen LogP contribution in [0.3, 0.4) is 0 Å². The Morgan fingerprint density at radius 3 is 2.45 bits per heavy atom. The highest BCUT2D eigenvalue weighted by molar-refractivity contribution is 6.10. The summed E-state index contributed by atoms with van der Waals surface area (Å²) >= 11 is 0. The molecule has 1 aromatic heterocycles. The molecule has 5 rings (SSSR count). The summed E-state index contributed by atoms with van der Waals surface area (Å²) in [5, 5.41) is 10.5. The number of anilines is 1. The van der Waals surface area contributed by atoms with E-state index in [0.717, 1.165) is 16.7 Å². The first-order valence-electron chi connectivity index (χ1n) is 10.1. The lowest BCUT2D eigenvalue weighted by Gasteiger charge is -2.26. The number of rotatable bonds is 2. The Morgan fingerprint density at radius 1 is 0.903 bits per heavy atom. The minimum absolute atomic E-state index is 0.0490. The molecular weight excluding hydrogens is 390 g/mol. The molecule has 1 unspecified atom stereocenters. The van der Waals surface area contributed by atoms with Crippen LogP contribution in [0.25, 0.3) is 11.0 Å². The highest BCUT2D eigenvalue weighted by Crippen LogP contribution is 2.42. The third-order valence-corrected chi connectivity index (χ3v) is 5.98. The van der Waals surface area contributed by atoms with Crippen molar-refractivity contribution in [3.8, 4) is 5.75 Å². The van der Waals surface area contributed by atoms with Gasteiger partial charge in [-0.1, -0.05) is 29.8 Å². The van der Waals surface area contributed by atoms with Crippen LogP contribution in [0.4, 0.5) is 5.69 Å². The average Bonchev–Trinajstić information content (AvgIpc) is 3.03. The number of hydrogen-bond donors (Lipinski definition) is 1. The van der Waals surface area contributed by atoms with Gasteiger partial charge in [0, 0.05) is 5.69 Å². The molecule has 4 aromatic rings. The second kappa shape index (κ2) is 6.84. The molecule has 0 saturated heterocycles. The number of carbonyl (C=O) groups is 1. The molecule has 31 heavy (non-hydrogen) atoms. The lowest BCUT2D eigenvalue weighted by Crippen LogP contribution is -2.29. The number of hydrogen-bond acceptors (Lipinski definition) is 4. The molecule has 1 atom stereocenters. The second-order valence-corrected chi connectivity index (χ2v) is 8.11. The Balaban J connectivity index is 1.83. The first-order valence-corrected chi connectivity index (χ1v) is 10.1. The van der Waals surface area contributed by atoms with Crippen LogP contribution < -0.4 is 10.3 Å². The summed E-state index contributed by atoms with van der Waals surface area (Å²) in [6.07, 6.45) is 0. The predicted molar refractivity (Wildman–Crippen MR) is 120 cm³/mol. The number of phenolic OH excluding ortho intramolecular Hbond substituents is 1. The van der Waals surface area contributed by atoms with Crippen molar-refractivity contribution in [2.45, 2.75) is 26.8 Å². The molecule has 1 aliphatic heterocycles. The number of aromatic hydroxyl groups is 1. The molecule has 0 bridgehead atoms. The molecule has 1 N–H and O–H groups in total. The van der Waals surface area contributed by atoms with Crippen molar-refractivity contribution < 1.29 is 14.3 Å². The van der Waals surface area contributed by atoms with Gasteiger partial charge < -0.3 is 9.52 Å². The summed E-state index contributed by atoms with van der Waals surface area (Å²) in [7, 11) is 0. The maximum Gasteiger partial charge on any atom is 0.295 e. The van der Waals surface area contributed by atoms with Gasteiger partial charge in [0.05, 0.1) is 17.0 Å². The lowest BCUT2D eigenvalue weighted by molar-refractivity contribution is 0.0971. The molecule has 2 heterocycles. The number of benzene rings is 3. The highest BCUT2D eigenvalue weighted by Gasteiger charge is 2.43. The van der Waals surface area contributed by atoms with Crippen LogP contribution in [0.2, 0.25) is 0 Å². The van der Waals surface area contributed by atoms with Crippen molar-refractivity contribution >= 4 is 22.6 Å². The van der Waals surface area contributed by atoms with E-state index in [1.165, 1.54) is 0 Å². The smallest absolute Gasteiger partial charge is 0.295 e. The van der Waals surface area contributed by atoms with Gasteiger partial charge in [-0.3, -0.25) is 14.5 Å². The summed E-state index contributed by atoms with van der Waals surface area (Å²) in [6.45, 7) is 5.90. The zero-order valence-corrected chi connectivity index (χ0v) is 17.5. The molecule has 154 valence electrons. The Labute approximate surface area is 179 Å². The fourth-order valence-corrected chi connectivity index (χ4v) is 4.24. The molecular formula is C26H21NO4. The topological polar surface area (TPSA) is 70.8 Å². The molecule has 5 heteroatoms. The first-order chi connectivity index (χ1) is 14.8. The molecule has 1 aliphatic rings. The van der Waals surface area contributed by atoms with E-state index in [2.05, 4.69) is 0 Å². The normalized spacial score (nSPS) is 15.5. The highest BCUT2D eigenvalue weighted by atomic mass is 16.3. The maximum absolute atomic E-state index is 13.6. The standard InChI is InChI=1S/C26H21NO4/c1-14-7-10-21-20(11-14)24(29)22-23(17-5-4-6-19(28)13-17)27(26(30)25(22)31-21)18-9-8-15(2)16(3)12-18/h4-13,23,28H,1-3H3. The molecule has 0 radical (unpaired) electrons. The summed E-state index contributed by atoms with van der Waals surface area (Å²) < 4.78 is 5.99. The summed E-state index contributed by atoms with van der Waals surface area (Å²) in [5.74, 6) is -0.251. The third kappa shape index (κ3) is 2.93. The van der Waals surface area contributed by atoms with Crippen molar-refractivity contribution in [2.75, 3.05) is 4.90 Å². The zero-order valence-electron chi connectivity index (χ0n) is 17.5. The quantitative estimate of drug-likeness (QED) is 0.494. The minimum atomic E-state index is -0.696. The van der Waals surface area contributed by atoms with Crippen LogP contribution in [0.5, 0.6) is 5.75 Å². The SMILES string of the molecule is Cc1ccc2oc3c(c(=O)c2c1)C(c1cccc(O)c1)N(c1ccc(C)c(C)c1)C3=O. The van der Waals surface area contributed by atoms with Gasteiger partial charge in [-0.25, -0.2) is 0 Å². The molecule has 1 amide bonds. The average molecular weight is 411 g/mol. The number of nitrogens with zero attached hydrogens (tertiary/aromatic N) is 1. The first kappa shape index (κ1) is 19.1. The maximum atomic E-state index is 13.6. The van der Waals surface area contributed by atoms with E-state index < -0.39 is 6.04 Å². The van der Waals surface area contributed by atoms with Crippen molar-refractivity contribution in [3.05, 3.63) is 104 Å². The minimum Gasteiger partial charge on any atom is -0.508 e. The zero-order chi connectivity index (χ0) is 21.9. The summed E-state index contributed by atoms with van der Waals surface area (Å²) in [5.41, 5.74) is 4.86. The Kier molecular flexibility index (Phi) is 4.22. The van der Waals surface area contributed by atoms with E-state index in [4.69, 9.17) is 4.42 Å². The largest absolute Gasteiger partial charge is 0.508 e. The summed E-state index contributed by atoms with van der Waals surface area (Å²) in [6, 6.07) is 17.1. The fraction of sp³-hybridized carbons (Fsp3) is 0.154. The van der Waals surface area contributed by atoms with Crippen molar-refractivity contribution in [2.24, 2.45) is 0 Å². The van der Waals surface area contributed by atoms with E-state index in [-0.39, 0.29) is 22.8 Å². The number of phenols is 1. The molecule has 0 spiro atoms. The van der Waals surface area contributed by atoms with Crippen molar-refractivity contribution in [1.29, 1.82) is 0 Å². The van der Waals surface area contributed by atoms with Gasteiger partial charge in [0.15, 0.2) is 5.43 Å². The van der Waals surface area contributed by atoms with E-state index >= 15 is 0 Å². The summed E-state index contributed by atoms with van der Waals surface area (Å²) in [4.78, 5) is 28.7. The third-order valence-electron chi connectivity index (χ3n) is 5.98.